The van der Waals surface area contributed by atoms with Gasteiger partial charge in [-0.05, 0) is 30.9 Å². The van der Waals surface area contributed by atoms with Gasteiger partial charge in [-0.25, -0.2) is 0 Å². The molecule has 1 nitrogen and oxygen atoms in total. The summed E-state index contributed by atoms with van der Waals surface area (Å²) in [7, 11) is 0. The maximum atomic E-state index is 12.1. The summed E-state index contributed by atoms with van der Waals surface area (Å²) in [5.74, 6) is 0. The van der Waals surface area contributed by atoms with E-state index in [-0.39, 0.29) is 6.42 Å². The number of aryl methyl sites for hydroxylation is 1. The van der Waals surface area contributed by atoms with Crippen LogP contribution in [0.3, 0.4) is 0 Å². The van der Waals surface area contributed by atoms with Crippen LogP contribution in [0.4, 0.5) is 13.2 Å². The maximum absolute atomic E-state index is 12.1. The van der Waals surface area contributed by atoms with Crippen LogP contribution in [0.25, 0.3) is 0 Å². The summed E-state index contributed by atoms with van der Waals surface area (Å²) in [6.07, 6.45) is -2.30. The van der Waals surface area contributed by atoms with Gasteiger partial charge in [-0.2, -0.15) is 13.2 Å². The monoisotopic (exact) mass is 309 g/mol. The highest BCUT2D eigenvalue weighted by molar-refractivity contribution is 9.10. The van der Waals surface area contributed by atoms with Crippen LogP contribution >= 0.6 is 15.9 Å². The number of benzene rings is 1. The van der Waals surface area contributed by atoms with Crippen molar-refractivity contribution in [1.29, 1.82) is 0 Å². The molecule has 2 N–H and O–H groups in total. The van der Waals surface area contributed by atoms with E-state index in [1.165, 1.54) is 0 Å². The lowest BCUT2D eigenvalue weighted by Gasteiger charge is -2.15. The number of halogens is 4. The van der Waals surface area contributed by atoms with Gasteiger partial charge in [0.15, 0.2) is 0 Å². The van der Waals surface area contributed by atoms with Gasteiger partial charge in [-0.3, -0.25) is 0 Å². The quantitative estimate of drug-likeness (QED) is 0.816. The molecule has 5 heteroatoms. The molecular weight excluding hydrogens is 295 g/mol. The van der Waals surface area contributed by atoms with Crippen molar-refractivity contribution in [2.24, 2.45) is 5.73 Å². The lowest BCUT2D eigenvalue weighted by Crippen LogP contribution is -2.37. The predicted molar refractivity (Wildman–Crippen MR) is 65.7 cm³/mol. The molecule has 0 aliphatic rings. The highest BCUT2D eigenvalue weighted by Crippen LogP contribution is 2.23. The van der Waals surface area contributed by atoms with Crippen molar-refractivity contribution in [1.82, 2.24) is 0 Å². The first-order chi connectivity index (χ1) is 7.91. The topological polar surface area (TPSA) is 26.0 Å². The van der Waals surface area contributed by atoms with Gasteiger partial charge in [0.05, 0.1) is 0 Å². The number of rotatable bonds is 5. The van der Waals surface area contributed by atoms with E-state index in [1.54, 1.807) is 0 Å². The maximum Gasteiger partial charge on any atom is 0.403 e. The van der Waals surface area contributed by atoms with Crippen molar-refractivity contribution in [2.75, 3.05) is 0 Å². The Morgan fingerprint density at radius 1 is 1.18 bits per heavy atom. The second-order valence-electron chi connectivity index (χ2n) is 3.99. The van der Waals surface area contributed by atoms with E-state index in [1.807, 2.05) is 24.3 Å². The van der Waals surface area contributed by atoms with Crippen LogP contribution in [-0.2, 0) is 6.42 Å². The third kappa shape index (κ3) is 5.08. The SMILES string of the molecule is N[C@@H](CCCCc1ccccc1Br)C(F)(F)F. The van der Waals surface area contributed by atoms with E-state index in [4.69, 9.17) is 5.73 Å². The Hall–Kier alpha value is -0.550. The summed E-state index contributed by atoms with van der Waals surface area (Å²) in [5.41, 5.74) is 6.14. The molecule has 1 rings (SSSR count). The van der Waals surface area contributed by atoms with Crippen LogP contribution in [0.5, 0.6) is 0 Å². The van der Waals surface area contributed by atoms with Gasteiger partial charge in [-0.15, -0.1) is 0 Å². The van der Waals surface area contributed by atoms with E-state index in [0.717, 1.165) is 16.5 Å². The van der Waals surface area contributed by atoms with Crippen molar-refractivity contribution in [2.45, 2.75) is 37.9 Å². The first-order valence-electron chi connectivity index (χ1n) is 5.47. The number of hydrogen-bond donors (Lipinski definition) is 1. The zero-order valence-corrected chi connectivity index (χ0v) is 10.9. The van der Waals surface area contributed by atoms with Crippen molar-refractivity contribution in [3.63, 3.8) is 0 Å². The average Bonchev–Trinajstić information content (AvgIpc) is 2.25. The molecule has 0 saturated carbocycles. The summed E-state index contributed by atoms with van der Waals surface area (Å²) in [4.78, 5) is 0. The molecule has 0 saturated heterocycles. The third-order valence-corrected chi connectivity index (χ3v) is 3.36. The Kier molecular flexibility index (Phi) is 5.46. The van der Waals surface area contributed by atoms with Crippen LogP contribution in [0.2, 0.25) is 0 Å². The zero-order chi connectivity index (χ0) is 12.9. The van der Waals surface area contributed by atoms with E-state index in [0.29, 0.717) is 12.8 Å². The molecule has 0 aromatic heterocycles. The van der Waals surface area contributed by atoms with Crippen molar-refractivity contribution in [3.05, 3.63) is 34.3 Å². The second-order valence-corrected chi connectivity index (χ2v) is 4.84. The molecule has 0 heterocycles. The van der Waals surface area contributed by atoms with Crippen molar-refractivity contribution < 1.29 is 13.2 Å². The van der Waals surface area contributed by atoms with Crippen LogP contribution < -0.4 is 5.73 Å². The molecular formula is C12H15BrF3N. The fraction of sp³-hybridized carbons (Fsp3) is 0.500. The average molecular weight is 310 g/mol. The largest absolute Gasteiger partial charge is 0.403 e. The van der Waals surface area contributed by atoms with Gasteiger partial charge < -0.3 is 5.73 Å². The molecule has 17 heavy (non-hydrogen) atoms. The highest BCUT2D eigenvalue weighted by atomic mass is 79.9. The zero-order valence-electron chi connectivity index (χ0n) is 9.30. The van der Waals surface area contributed by atoms with Gasteiger partial charge in [-0.1, -0.05) is 40.5 Å². The Balaban J connectivity index is 2.28. The molecule has 0 radical (unpaired) electrons. The molecule has 0 amide bonds. The lowest BCUT2D eigenvalue weighted by molar-refractivity contribution is -0.149. The number of unbranched alkanes of at least 4 members (excludes halogenated alkanes) is 1. The lowest BCUT2D eigenvalue weighted by atomic mass is 10.0. The fourth-order valence-electron chi connectivity index (χ4n) is 1.54. The second kappa shape index (κ2) is 6.40. The molecule has 0 aliphatic carbocycles. The van der Waals surface area contributed by atoms with Crippen LogP contribution in [0.1, 0.15) is 24.8 Å². The normalized spacial score (nSPS) is 13.7. The smallest absolute Gasteiger partial charge is 0.320 e. The first kappa shape index (κ1) is 14.5. The van der Waals surface area contributed by atoms with E-state index in [2.05, 4.69) is 15.9 Å². The fourth-order valence-corrected chi connectivity index (χ4v) is 2.03. The number of hydrogen-bond acceptors (Lipinski definition) is 1. The molecule has 0 aliphatic heterocycles. The van der Waals surface area contributed by atoms with Gasteiger partial charge in [0, 0.05) is 4.47 Å². The molecule has 1 aromatic rings. The molecule has 1 aromatic carbocycles. The minimum absolute atomic E-state index is 0.00600. The van der Waals surface area contributed by atoms with E-state index in [9.17, 15) is 13.2 Å². The Morgan fingerprint density at radius 2 is 1.82 bits per heavy atom. The van der Waals surface area contributed by atoms with Gasteiger partial charge in [0.25, 0.3) is 0 Å². The van der Waals surface area contributed by atoms with Gasteiger partial charge in [0.1, 0.15) is 6.04 Å². The number of alkyl halides is 3. The van der Waals surface area contributed by atoms with Crippen LogP contribution in [0, 0.1) is 0 Å². The number of nitrogens with two attached hydrogens (primary N) is 1. The summed E-state index contributed by atoms with van der Waals surface area (Å²) in [6, 6.07) is 6.03. The molecule has 96 valence electrons. The molecule has 0 spiro atoms. The third-order valence-electron chi connectivity index (χ3n) is 2.59. The molecule has 1 atom stereocenters. The van der Waals surface area contributed by atoms with Crippen LogP contribution in [0.15, 0.2) is 28.7 Å². The van der Waals surface area contributed by atoms with Crippen molar-refractivity contribution >= 4 is 15.9 Å². The summed E-state index contributed by atoms with van der Waals surface area (Å²) in [6.45, 7) is 0. The molecule has 0 unspecified atom stereocenters. The summed E-state index contributed by atoms with van der Waals surface area (Å²) < 4.78 is 37.4. The standard InChI is InChI=1S/C12H15BrF3N/c13-10-7-3-1-5-9(10)6-2-4-8-11(17)12(14,15)16/h1,3,5,7,11H,2,4,6,8,17H2/t11-/m0/s1. The Morgan fingerprint density at radius 3 is 2.41 bits per heavy atom. The first-order valence-corrected chi connectivity index (χ1v) is 6.26. The van der Waals surface area contributed by atoms with Gasteiger partial charge in [0.2, 0.25) is 0 Å². The predicted octanol–water partition coefficient (Wildman–Crippen LogP) is 4.05. The highest BCUT2D eigenvalue weighted by Gasteiger charge is 2.35. The minimum Gasteiger partial charge on any atom is -0.320 e. The van der Waals surface area contributed by atoms with Crippen LogP contribution in [-0.4, -0.2) is 12.2 Å². The summed E-state index contributed by atoms with van der Waals surface area (Å²) in [5, 5.41) is 0. The Labute approximate surface area is 107 Å². The summed E-state index contributed by atoms with van der Waals surface area (Å²) >= 11 is 3.40. The van der Waals surface area contributed by atoms with Crippen molar-refractivity contribution in [3.8, 4) is 0 Å². The van der Waals surface area contributed by atoms with E-state index < -0.39 is 12.2 Å². The van der Waals surface area contributed by atoms with Gasteiger partial charge >= 0.3 is 6.18 Å². The molecule has 0 fully saturated rings. The Bertz CT molecular complexity index is 352. The van der Waals surface area contributed by atoms with E-state index >= 15 is 0 Å². The minimum atomic E-state index is -4.27. The molecule has 0 bridgehead atoms.